The van der Waals surface area contributed by atoms with Crippen molar-refractivity contribution in [3.63, 3.8) is 0 Å². The fraction of sp³-hybridized carbons (Fsp3) is 0.235. The average molecular weight is 348 g/mol. The number of para-hydroxylation sites is 1. The normalized spacial score (nSPS) is 11.8. The number of hydrogen-bond donors (Lipinski definition) is 0. The number of hydrogen-bond acceptors (Lipinski definition) is 2. The predicted octanol–water partition coefficient (Wildman–Crippen LogP) is 3.88. The van der Waals surface area contributed by atoms with Gasteiger partial charge >= 0.3 is 0 Å². The molecule has 3 nitrogen and oxygen atoms in total. The van der Waals surface area contributed by atoms with Gasteiger partial charge in [0.15, 0.2) is 6.10 Å². The minimum atomic E-state index is -0.530. The van der Waals surface area contributed by atoms with Gasteiger partial charge in [0.1, 0.15) is 5.75 Å². The van der Waals surface area contributed by atoms with E-state index in [1.807, 2.05) is 54.6 Å². The first-order valence-corrected chi connectivity index (χ1v) is 7.57. The van der Waals surface area contributed by atoms with Gasteiger partial charge in [0.05, 0.1) is 4.47 Å². The lowest BCUT2D eigenvalue weighted by Gasteiger charge is -2.22. The lowest BCUT2D eigenvalue weighted by atomic mass is 10.2. The summed E-state index contributed by atoms with van der Waals surface area (Å²) in [5.41, 5.74) is 1.10. The molecule has 2 aromatic rings. The smallest absolute Gasteiger partial charge is 0.263 e. The largest absolute Gasteiger partial charge is 0.480 e. The number of carbonyl (C=O) groups excluding carboxylic acids is 1. The van der Waals surface area contributed by atoms with E-state index in [-0.39, 0.29) is 5.91 Å². The molecule has 0 aliphatic heterocycles. The Bertz CT molecular complexity index is 601. The molecular weight excluding hydrogens is 330 g/mol. The molecule has 0 bridgehead atoms. The molecule has 1 unspecified atom stereocenters. The van der Waals surface area contributed by atoms with Crippen molar-refractivity contribution >= 4 is 21.8 Å². The molecule has 1 atom stereocenters. The van der Waals surface area contributed by atoms with Gasteiger partial charge in [-0.05, 0) is 40.5 Å². The van der Waals surface area contributed by atoms with Gasteiger partial charge in [0.2, 0.25) is 0 Å². The molecule has 0 heterocycles. The summed E-state index contributed by atoms with van der Waals surface area (Å²) in [6, 6.07) is 17.4. The summed E-state index contributed by atoms with van der Waals surface area (Å²) in [4.78, 5) is 14.0. The third kappa shape index (κ3) is 4.33. The van der Waals surface area contributed by atoms with Gasteiger partial charge < -0.3 is 9.64 Å². The number of amides is 1. The highest BCUT2D eigenvalue weighted by molar-refractivity contribution is 9.10. The first kappa shape index (κ1) is 15.6. The van der Waals surface area contributed by atoms with Crippen molar-refractivity contribution < 1.29 is 9.53 Å². The maximum absolute atomic E-state index is 12.3. The van der Waals surface area contributed by atoms with Gasteiger partial charge in [-0.2, -0.15) is 0 Å². The second-order valence-corrected chi connectivity index (χ2v) is 5.72. The second-order valence-electron chi connectivity index (χ2n) is 4.87. The Morgan fingerprint density at radius 2 is 1.76 bits per heavy atom. The number of carbonyl (C=O) groups is 1. The van der Waals surface area contributed by atoms with Crippen LogP contribution in [-0.4, -0.2) is 24.0 Å². The Labute approximate surface area is 133 Å². The van der Waals surface area contributed by atoms with Crippen LogP contribution in [0.15, 0.2) is 59.1 Å². The number of rotatable bonds is 5. The van der Waals surface area contributed by atoms with Gasteiger partial charge in [0, 0.05) is 13.6 Å². The number of nitrogens with zero attached hydrogens (tertiary/aromatic N) is 1. The maximum Gasteiger partial charge on any atom is 0.263 e. The molecule has 0 aliphatic carbocycles. The van der Waals surface area contributed by atoms with Crippen LogP contribution in [0.1, 0.15) is 12.5 Å². The maximum atomic E-state index is 12.3. The number of benzene rings is 2. The molecule has 0 fully saturated rings. The predicted molar refractivity (Wildman–Crippen MR) is 87.1 cm³/mol. The van der Waals surface area contributed by atoms with E-state index in [4.69, 9.17) is 4.74 Å². The molecule has 1 amide bonds. The van der Waals surface area contributed by atoms with E-state index in [0.717, 1.165) is 10.0 Å². The van der Waals surface area contributed by atoms with Crippen molar-refractivity contribution in [2.24, 2.45) is 0 Å². The molecule has 4 heteroatoms. The fourth-order valence-electron chi connectivity index (χ4n) is 2.03. The van der Waals surface area contributed by atoms with Gasteiger partial charge in [-0.3, -0.25) is 4.79 Å². The van der Waals surface area contributed by atoms with Crippen LogP contribution in [0, 0.1) is 0 Å². The fourth-order valence-corrected chi connectivity index (χ4v) is 2.40. The summed E-state index contributed by atoms with van der Waals surface area (Å²) in [5.74, 6) is 0.626. The standard InChI is InChI=1S/C17H18BrNO2/c1-13(21-16-11-7-6-10-15(16)18)17(20)19(2)12-14-8-4-3-5-9-14/h3-11,13H,12H2,1-2H3. The highest BCUT2D eigenvalue weighted by Gasteiger charge is 2.20. The van der Waals surface area contributed by atoms with Crippen LogP contribution < -0.4 is 4.74 Å². The van der Waals surface area contributed by atoms with Crippen molar-refractivity contribution in [3.05, 3.63) is 64.6 Å². The van der Waals surface area contributed by atoms with E-state index in [1.165, 1.54) is 0 Å². The van der Waals surface area contributed by atoms with Gasteiger partial charge in [0.25, 0.3) is 5.91 Å². The number of likely N-dealkylation sites (N-methyl/N-ethyl adjacent to an activating group) is 1. The van der Waals surface area contributed by atoms with Crippen molar-refractivity contribution in [2.75, 3.05) is 7.05 Å². The third-order valence-corrected chi connectivity index (χ3v) is 3.78. The first-order valence-electron chi connectivity index (χ1n) is 6.78. The minimum Gasteiger partial charge on any atom is -0.480 e. The van der Waals surface area contributed by atoms with Gasteiger partial charge in [-0.15, -0.1) is 0 Å². The molecule has 110 valence electrons. The van der Waals surface area contributed by atoms with E-state index in [1.54, 1.807) is 18.9 Å². The van der Waals surface area contributed by atoms with E-state index in [0.29, 0.717) is 12.3 Å². The average Bonchev–Trinajstić information content (AvgIpc) is 2.49. The van der Waals surface area contributed by atoms with Crippen molar-refractivity contribution in [1.82, 2.24) is 4.90 Å². The van der Waals surface area contributed by atoms with Crippen LogP contribution in [0.25, 0.3) is 0 Å². The molecule has 0 N–H and O–H groups in total. The minimum absolute atomic E-state index is 0.0467. The highest BCUT2D eigenvalue weighted by atomic mass is 79.9. The molecule has 2 rings (SSSR count). The molecular formula is C17H18BrNO2. The number of halogens is 1. The van der Waals surface area contributed by atoms with Crippen LogP contribution >= 0.6 is 15.9 Å². The zero-order valence-corrected chi connectivity index (χ0v) is 13.7. The van der Waals surface area contributed by atoms with Crippen LogP contribution in [0.5, 0.6) is 5.75 Å². The van der Waals surface area contributed by atoms with Crippen molar-refractivity contribution in [1.29, 1.82) is 0 Å². The van der Waals surface area contributed by atoms with E-state index in [2.05, 4.69) is 15.9 Å². The second kappa shape index (κ2) is 7.27. The van der Waals surface area contributed by atoms with Crippen LogP contribution in [0.2, 0.25) is 0 Å². The zero-order chi connectivity index (χ0) is 15.2. The summed E-state index contributed by atoms with van der Waals surface area (Å²) < 4.78 is 6.57. The van der Waals surface area contributed by atoms with E-state index < -0.39 is 6.10 Å². The Morgan fingerprint density at radius 3 is 2.43 bits per heavy atom. The molecule has 0 aliphatic rings. The van der Waals surface area contributed by atoms with E-state index in [9.17, 15) is 4.79 Å². The Balaban J connectivity index is 1.97. The quantitative estimate of drug-likeness (QED) is 0.821. The molecule has 0 spiro atoms. The monoisotopic (exact) mass is 347 g/mol. The van der Waals surface area contributed by atoms with Crippen molar-refractivity contribution in [2.45, 2.75) is 19.6 Å². The molecule has 2 aromatic carbocycles. The van der Waals surface area contributed by atoms with Crippen LogP contribution in [-0.2, 0) is 11.3 Å². The topological polar surface area (TPSA) is 29.5 Å². The summed E-state index contributed by atoms with van der Waals surface area (Å²) in [6.07, 6.45) is -0.530. The summed E-state index contributed by atoms with van der Waals surface area (Å²) in [5, 5.41) is 0. The zero-order valence-electron chi connectivity index (χ0n) is 12.1. The van der Waals surface area contributed by atoms with Crippen LogP contribution in [0.4, 0.5) is 0 Å². The molecule has 0 saturated heterocycles. The Kier molecular flexibility index (Phi) is 5.39. The van der Waals surface area contributed by atoms with E-state index >= 15 is 0 Å². The lowest BCUT2D eigenvalue weighted by molar-refractivity contribution is -0.137. The highest BCUT2D eigenvalue weighted by Crippen LogP contribution is 2.25. The lowest BCUT2D eigenvalue weighted by Crippen LogP contribution is -2.37. The van der Waals surface area contributed by atoms with Crippen LogP contribution in [0.3, 0.4) is 0 Å². The Morgan fingerprint density at radius 1 is 1.14 bits per heavy atom. The first-order chi connectivity index (χ1) is 10.1. The molecule has 21 heavy (non-hydrogen) atoms. The number of ether oxygens (including phenoxy) is 1. The molecule has 0 saturated carbocycles. The SMILES string of the molecule is CC(Oc1ccccc1Br)C(=O)N(C)Cc1ccccc1. The third-order valence-electron chi connectivity index (χ3n) is 3.13. The summed E-state index contributed by atoms with van der Waals surface area (Å²) in [7, 11) is 1.79. The summed E-state index contributed by atoms with van der Waals surface area (Å²) >= 11 is 3.41. The molecule has 0 radical (unpaired) electrons. The van der Waals surface area contributed by atoms with Crippen molar-refractivity contribution in [3.8, 4) is 5.75 Å². The van der Waals surface area contributed by atoms with Gasteiger partial charge in [-0.1, -0.05) is 42.5 Å². The molecule has 0 aromatic heterocycles. The Hall–Kier alpha value is -1.81. The van der Waals surface area contributed by atoms with Gasteiger partial charge in [-0.25, -0.2) is 0 Å². The summed E-state index contributed by atoms with van der Waals surface area (Å²) in [6.45, 7) is 2.34.